The van der Waals surface area contributed by atoms with Crippen LogP contribution in [0.25, 0.3) is 0 Å². The topological polar surface area (TPSA) is 12.0 Å². The summed E-state index contributed by atoms with van der Waals surface area (Å²) in [5, 5.41) is 3.51. The van der Waals surface area contributed by atoms with Crippen molar-refractivity contribution in [1.82, 2.24) is 5.32 Å². The molecule has 0 aliphatic heterocycles. The third kappa shape index (κ3) is 5.20. The molecule has 0 saturated carbocycles. The first-order valence-corrected chi connectivity index (χ1v) is 8.59. The van der Waals surface area contributed by atoms with Crippen molar-refractivity contribution in [2.45, 2.75) is 25.8 Å². The van der Waals surface area contributed by atoms with Gasteiger partial charge in [-0.1, -0.05) is 57.0 Å². The van der Waals surface area contributed by atoms with E-state index in [0.29, 0.717) is 6.04 Å². The fraction of sp³-hybridized carbons (Fsp3) is 0.294. The Morgan fingerprint density at radius 2 is 1.76 bits per heavy atom. The molecule has 2 aromatic carbocycles. The van der Waals surface area contributed by atoms with Crippen LogP contribution in [0.5, 0.6) is 0 Å². The Hall–Kier alpha value is -0.710. The molecule has 0 fully saturated rings. The van der Waals surface area contributed by atoms with Crippen LogP contribution in [0.15, 0.2) is 51.4 Å². The molecular formula is C17H18Br2FN. The Labute approximate surface area is 142 Å². The van der Waals surface area contributed by atoms with Crippen molar-refractivity contribution in [2.75, 3.05) is 6.54 Å². The van der Waals surface area contributed by atoms with Crippen molar-refractivity contribution < 1.29 is 4.39 Å². The molecule has 112 valence electrons. The molecule has 0 amide bonds. The van der Waals surface area contributed by atoms with Gasteiger partial charge in [-0.2, -0.15) is 0 Å². The van der Waals surface area contributed by atoms with E-state index in [2.05, 4.69) is 68.4 Å². The van der Waals surface area contributed by atoms with Crippen molar-refractivity contribution >= 4 is 31.9 Å². The monoisotopic (exact) mass is 413 g/mol. The predicted molar refractivity (Wildman–Crippen MR) is 93.1 cm³/mol. The minimum Gasteiger partial charge on any atom is -0.314 e. The summed E-state index contributed by atoms with van der Waals surface area (Å²) >= 11 is 6.90. The van der Waals surface area contributed by atoms with E-state index in [9.17, 15) is 4.39 Å². The van der Waals surface area contributed by atoms with Gasteiger partial charge in [0.1, 0.15) is 5.82 Å². The van der Waals surface area contributed by atoms with Crippen LogP contribution in [0.2, 0.25) is 0 Å². The molecule has 0 spiro atoms. The third-order valence-corrected chi connectivity index (χ3v) is 4.64. The summed E-state index contributed by atoms with van der Waals surface area (Å²) in [6.07, 6.45) is 1.82. The molecule has 0 aliphatic carbocycles. The van der Waals surface area contributed by atoms with E-state index in [1.165, 1.54) is 17.7 Å². The minimum absolute atomic E-state index is 0.210. The van der Waals surface area contributed by atoms with Gasteiger partial charge in [-0.3, -0.25) is 0 Å². The molecule has 1 N–H and O–H groups in total. The van der Waals surface area contributed by atoms with E-state index in [1.54, 1.807) is 0 Å². The normalized spacial score (nSPS) is 12.4. The van der Waals surface area contributed by atoms with Crippen molar-refractivity contribution in [1.29, 1.82) is 0 Å². The van der Waals surface area contributed by atoms with Gasteiger partial charge in [0.2, 0.25) is 0 Å². The zero-order chi connectivity index (χ0) is 15.2. The van der Waals surface area contributed by atoms with E-state index in [-0.39, 0.29) is 5.82 Å². The Bertz CT molecular complexity index is 584. The molecule has 1 atom stereocenters. The van der Waals surface area contributed by atoms with Crippen LogP contribution < -0.4 is 5.32 Å². The van der Waals surface area contributed by atoms with Crippen molar-refractivity contribution in [3.8, 4) is 0 Å². The first-order valence-electron chi connectivity index (χ1n) is 7.00. The third-order valence-electron chi connectivity index (χ3n) is 3.37. The van der Waals surface area contributed by atoms with Gasteiger partial charge in [-0.05, 0) is 54.8 Å². The lowest BCUT2D eigenvalue weighted by Crippen LogP contribution is -2.33. The van der Waals surface area contributed by atoms with Gasteiger partial charge in [0.05, 0.1) is 0 Å². The highest BCUT2D eigenvalue weighted by Crippen LogP contribution is 2.21. The van der Waals surface area contributed by atoms with E-state index in [0.717, 1.165) is 33.9 Å². The Kier molecular flexibility index (Phi) is 6.40. The lowest BCUT2D eigenvalue weighted by Gasteiger charge is -2.19. The van der Waals surface area contributed by atoms with Gasteiger partial charge in [-0.25, -0.2) is 4.39 Å². The van der Waals surface area contributed by atoms with Crippen molar-refractivity contribution in [2.24, 2.45) is 0 Å². The fourth-order valence-electron chi connectivity index (χ4n) is 2.36. The minimum atomic E-state index is -0.210. The molecule has 0 radical (unpaired) electrons. The number of benzene rings is 2. The molecule has 1 unspecified atom stereocenters. The summed E-state index contributed by atoms with van der Waals surface area (Å²) in [5.74, 6) is -0.210. The molecular weight excluding hydrogens is 397 g/mol. The zero-order valence-electron chi connectivity index (χ0n) is 11.9. The Morgan fingerprint density at radius 1 is 1.05 bits per heavy atom. The van der Waals surface area contributed by atoms with Crippen molar-refractivity contribution in [3.05, 3.63) is 68.4 Å². The first kappa shape index (κ1) is 16.7. The standard InChI is InChI=1S/C17H18Br2FN/c1-2-21-16(9-12-3-6-14(18)7-4-12)10-13-5-8-15(20)11-17(13)19/h3-8,11,16,21H,2,9-10H2,1H3. The van der Waals surface area contributed by atoms with Crippen LogP contribution in [0.3, 0.4) is 0 Å². The quantitative estimate of drug-likeness (QED) is 0.692. The van der Waals surface area contributed by atoms with E-state index in [1.807, 2.05) is 6.07 Å². The second kappa shape index (κ2) is 8.06. The maximum absolute atomic E-state index is 13.2. The predicted octanol–water partition coefficient (Wildman–Crippen LogP) is 5.11. The Balaban J connectivity index is 2.09. The maximum Gasteiger partial charge on any atom is 0.124 e. The van der Waals surface area contributed by atoms with E-state index in [4.69, 9.17) is 0 Å². The molecule has 0 heterocycles. The molecule has 1 nitrogen and oxygen atoms in total. The van der Waals surface area contributed by atoms with Crippen LogP contribution >= 0.6 is 31.9 Å². The zero-order valence-corrected chi connectivity index (χ0v) is 15.0. The highest BCUT2D eigenvalue weighted by atomic mass is 79.9. The van der Waals surface area contributed by atoms with Crippen LogP contribution in [0.4, 0.5) is 4.39 Å². The highest BCUT2D eigenvalue weighted by molar-refractivity contribution is 9.10. The molecule has 21 heavy (non-hydrogen) atoms. The summed E-state index contributed by atoms with van der Waals surface area (Å²) in [4.78, 5) is 0. The van der Waals surface area contributed by atoms with Gasteiger partial charge < -0.3 is 5.32 Å². The van der Waals surface area contributed by atoms with E-state index >= 15 is 0 Å². The second-order valence-electron chi connectivity index (χ2n) is 5.03. The second-order valence-corrected chi connectivity index (χ2v) is 6.80. The SMILES string of the molecule is CCNC(Cc1ccc(Br)cc1)Cc1ccc(F)cc1Br. The average molecular weight is 415 g/mol. The van der Waals surface area contributed by atoms with Gasteiger partial charge in [0.15, 0.2) is 0 Å². The first-order chi connectivity index (χ1) is 10.1. The van der Waals surface area contributed by atoms with Crippen LogP contribution in [-0.2, 0) is 12.8 Å². The highest BCUT2D eigenvalue weighted by Gasteiger charge is 2.12. The lowest BCUT2D eigenvalue weighted by atomic mass is 9.99. The number of halogens is 3. The number of nitrogens with one attached hydrogen (secondary N) is 1. The number of hydrogen-bond acceptors (Lipinski definition) is 1. The summed E-state index contributed by atoms with van der Waals surface area (Å²) in [7, 11) is 0. The van der Waals surface area contributed by atoms with Gasteiger partial charge in [-0.15, -0.1) is 0 Å². The van der Waals surface area contributed by atoms with Gasteiger partial charge >= 0.3 is 0 Å². The molecule has 0 aliphatic rings. The molecule has 0 bridgehead atoms. The van der Waals surface area contributed by atoms with Crippen LogP contribution in [0.1, 0.15) is 18.1 Å². The maximum atomic E-state index is 13.2. The summed E-state index contributed by atoms with van der Waals surface area (Å²) in [5.41, 5.74) is 2.42. The molecule has 4 heteroatoms. The average Bonchev–Trinajstić information content (AvgIpc) is 2.44. The van der Waals surface area contributed by atoms with Gasteiger partial charge in [0, 0.05) is 15.0 Å². The van der Waals surface area contributed by atoms with Crippen molar-refractivity contribution in [3.63, 3.8) is 0 Å². The summed E-state index contributed by atoms with van der Waals surface area (Å²) in [6.45, 7) is 3.02. The van der Waals surface area contributed by atoms with Gasteiger partial charge in [0.25, 0.3) is 0 Å². The largest absolute Gasteiger partial charge is 0.314 e. The fourth-order valence-corrected chi connectivity index (χ4v) is 3.14. The molecule has 2 aromatic rings. The smallest absolute Gasteiger partial charge is 0.124 e. The summed E-state index contributed by atoms with van der Waals surface area (Å²) < 4.78 is 15.1. The number of likely N-dealkylation sites (N-methyl/N-ethyl adjacent to an activating group) is 1. The lowest BCUT2D eigenvalue weighted by molar-refractivity contribution is 0.520. The number of hydrogen-bond donors (Lipinski definition) is 1. The van der Waals surface area contributed by atoms with Crippen LogP contribution in [0, 0.1) is 5.82 Å². The molecule has 0 aromatic heterocycles. The number of rotatable bonds is 6. The molecule has 2 rings (SSSR count). The van der Waals surface area contributed by atoms with Crippen LogP contribution in [-0.4, -0.2) is 12.6 Å². The van der Waals surface area contributed by atoms with E-state index < -0.39 is 0 Å². The summed E-state index contributed by atoms with van der Waals surface area (Å²) in [6, 6.07) is 13.6. The Morgan fingerprint density at radius 3 is 2.38 bits per heavy atom. The molecule has 0 saturated heterocycles.